The minimum atomic E-state index is -1.14. The van der Waals surface area contributed by atoms with E-state index in [2.05, 4.69) is 10.6 Å². The number of nitro groups is 1. The van der Waals surface area contributed by atoms with Gasteiger partial charge < -0.3 is 20.5 Å². The summed E-state index contributed by atoms with van der Waals surface area (Å²) in [4.78, 5) is 34.3. The van der Waals surface area contributed by atoms with E-state index < -0.39 is 28.6 Å². The Bertz CT molecular complexity index is 767. The molecule has 1 aromatic rings. The number of benzene rings is 1. The number of alkyl halides is 1. The third-order valence-corrected chi connectivity index (χ3v) is 4.49. The zero-order chi connectivity index (χ0) is 20.4. The van der Waals surface area contributed by atoms with Gasteiger partial charge >= 0.3 is 0 Å². The third-order valence-electron chi connectivity index (χ3n) is 4.23. The summed E-state index contributed by atoms with van der Waals surface area (Å²) >= 11 is 5.60. The summed E-state index contributed by atoms with van der Waals surface area (Å²) in [5, 5.41) is 27.2. The van der Waals surface area contributed by atoms with Gasteiger partial charge in [-0.3, -0.25) is 19.7 Å². The second kappa shape index (κ2) is 8.10. The predicted octanol–water partition coefficient (Wildman–Crippen LogP) is 2.26. The summed E-state index contributed by atoms with van der Waals surface area (Å²) in [5.41, 5.74) is -1.19. The average Bonchev–Trinajstić information content (AvgIpc) is 2.55. The van der Waals surface area contributed by atoms with Crippen LogP contribution in [0.3, 0.4) is 0 Å². The number of fused-ring (bicyclic) bond motifs is 1. The molecule has 1 aromatic carbocycles. The fourth-order valence-electron chi connectivity index (χ4n) is 2.90. The van der Waals surface area contributed by atoms with Crippen molar-refractivity contribution in [3.8, 4) is 5.75 Å². The van der Waals surface area contributed by atoms with Gasteiger partial charge in [0.15, 0.2) is 0 Å². The number of ether oxygens (including phenoxy) is 1. The maximum absolute atomic E-state index is 12.2. The molecule has 1 heterocycles. The first-order chi connectivity index (χ1) is 12.6. The number of aliphatic hydroxyl groups is 1. The number of carbonyl (C=O) groups excluding carboxylic acids is 2. The molecule has 0 bridgehead atoms. The zero-order valence-electron chi connectivity index (χ0n) is 15.2. The SMILES string of the molecule is CC(=O)Nc1cc2c(cc1[N+](=O)[O-])[C@@H](NC(=O)CCCCl)[C@H](O)C(C)(C)O2. The van der Waals surface area contributed by atoms with Crippen molar-refractivity contribution in [2.24, 2.45) is 0 Å². The quantitative estimate of drug-likeness (QED) is 0.382. The molecule has 0 aromatic heterocycles. The lowest BCUT2D eigenvalue weighted by atomic mass is 9.86. The number of amides is 2. The van der Waals surface area contributed by atoms with E-state index in [4.69, 9.17) is 16.3 Å². The van der Waals surface area contributed by atoms with Crippen molar-refractivity contribution in [1.82, 2.24) is 5.32 Å². The van der Waals surface area contributed by atoms with E-state index >= 15 is 0 Å². The number of anilines is 1. The van der Waals surface area contributed by atoms with Gasteiger partial charge in [0.25, 0.3) is 5.69 Å². The van der Waals surface area contributed by atoms with E-state index in [1.54, 1.807) is 13.8 Å². The van der Waals surface area contributed by atoms with Crippen LogP contribution in [-0.2, 0) is 9.59 Å². The Balaban J connectivity index is 2.51. The number of nitrogens with zero attached hydrogens (tertiary/aromatic N) is 1. The highest BCUT2D eigenvalue weighted by Gasteiger charge is 2.44. The van der Waals surface area contributed by atoms with E-state index in [0.717, 1.165) is 0 Å². The first-order valence-electron chi connectivity index (χ1n) is 8.39. The standard InChI is InChI=1S/C17H22ClN3O6/c1-9(22)19-11-8-13-10(7-12(11)21(25)26)15(16(24)17(2,3)27-13)20-14(23)5-4-6-18/h7-8,15-16,24H,4-6H2,1-3H3,(H,19,22)(H,20,23)/t15-,16+/m1/s1. The van der Waals surface area contributed by atoms with Crippen molar-refractivity contribution in [1.29, 1.82) is 0 Å². The zero-order valence-corrected chi connectivity index (χ0v) is 16.0. The molecule has 0 radical (unpaired) electrons. The maximum Gasteiger partial charge on any atom is 0.293 e. The van der Waals surface area contributed by atoms with Gasteiger partial charge in [-0.2, -0.15) is 0 Å². The van der Waals surface area contributed by atoms with Gasteiger partial charge in [0.05, 0.1) is 11.0 Å². The van der Waals surface area contributed by atoms with Crippen LogP contribution in [0.25, 0.3) is 0 Å². The van der Waals surface area contributed by atoms with Crippen molar-refractivity contribution in [2.45, 2.75) is 51.4 Å². The first kappa shape index (κ1) is 20.9. The Hall–Kier alpha value is -2.39. The third kappa shape index (κ3) is 4.67. The van der Waals surface area contributed by atoms with Gasteiger partial charge in [0.1, 0.15) is 23.1 Å². The molecular formula is C17H22ClN3O6. The second-order valence-electron chi connectivity index (χ2n) is 6.83. The minimum absolute atomic E-state index is 0.0225. The monoisotopic (exact) mass is 399 g/mol. The number of nitro benzene ring substituents is 1. The molecule has 2 atom stereocenters. The van der Waals surface area contributed by atoms with Crippen molar-refractivity contribution >= 4 is 34.8 Å². The second-order valence-corrected chi connectivity index (χ2v) is 7.21. The molecule has 2 amide bonds. The van der Waals surface area contributed by atoms with Crippen LogP contribution in [0.15, 0.2) is 12.1 Å². The summed E-state index contributed by atoms with van der Waals surface area (Å²) in [5.74, 6) is -0.254. The maximum atomic E-state index is 12.2. The lowest BCUT2D eigenvalue weighted by Crippen LogP contribution is -2.53. The summed E-state index contributed by atoms with van der Waals surface area (Å²) in [6.07, 6.45) is -0.517. The molecule has 1 aliphatic heterocycles. The van der Waals surface area contributed by atoms with E-state index in [1.165, 1.54) is 19.1 Å². The lowest BCUT2D eigenvalue weighted by Gasteiger charge is -2.42. The molecule has 10 heteroatoms. The predicted molar refractivity (Wildman–Crippen MR) is 99.0 cm³/mol. The van der Waals surface area contributed by atoms with Gasteiger partial charge in [-0.1, -0.05) is 0 Å². The normalized spacial score (nSPS) is 20.2. The highest BCUT2D eigenvalue weighted by atomic mass is 35.5. The van der Waals surface area contributed by atoms with Gasteiger partial charge in [0, 0.05) is 36.9 Å². The number of rotatable bonds is 6. The highest BCUT2D eigenvalue weighted by molar-refractivity contribution is 6.17. The number of carbonyl (C=O) groups is 2. The number of aliphatic hydroxyl groups excluding tert-OH is 1. The molecule has 0 spiro atoms. The van der Waals surface area contributed by atoms with Crippen LogP contribution in [0.2, 0.25) is 0 Å². The van der Waals surface area contributed by atoms with Crippen LogP contribution in [0, 0.1) is 10.1 Å². The Morgan fingerprint density at radius 2 is 2.07 bits per heavy atom. The smallest absolute Gasteiger partial charge is 0.293 e. The van der Waals surface area contributed by atoms with E-state index in [1.807, 2.05) is 0 Å². The van der Waals surface area contributed by atoms with Gasteiger partial charge in [-0.05, 0) is 20.3 Å². The molecule has 148 valence electrons. The molecule has 3 N–H and O–H groups in total. The molecule has 0 saturated heterocycles. The van der Waals surface area contributed by atoms with Gasteiger partial charge in [-0.25, -0.2) is 0 Å². The lowest BCUT2D eigenvalue weighted by molar-refractivity contribution is -0.384. The van der Waals surface area contributed by atoms with Crippen LogP contribution in [0.1, 0.15) is 45.2 Å². The van der Waals surface area contributed by atoms with Gasteiger partial charge in [0.2, 0.25) is 11.8 Å². The fraction of sp³-hybridized carbons (Fsp3) is 0.529. The summed E-state index contributed by atoms with van der Waals surface area (Å²) in [6.45, 7) is 4.51. The first-order valence-corrected chi connectivity index (χ1v) is 8.92. The minimum Gasteiger partial charge on any atom is -0.485 e. The van der Waals surface area contributed by atoms with Crippen LogP contribution in [0.5, 0.6) is 5.75 Å². The molecule has 9 nitrogen and oxygen atoms in total. The van der Waals surface area contributed by atoms with E-state index in [9.17, 15) is 24.8 Å². The van der Waals surface area contributed by atoms with Crippen molar-refractivity contribution in [2.75, 3.05) is 11.2 Å². The summed E-state index contributed by atoms with van der Waals surface area (Å²) in [6, 6.07) is 1.63. The number of halogens is 1. The van der Waals surface area contributed by atoms with Crippen molar-refractivity contribution in [3.63, 3.8) is 0 Å². The number of hydrogen-bond donors (Lipinski definition) is 3. The highest BCUT2D eigenvalue weighted by Crippen LogP contribution is 2.44. The largest absolute Gasteiger partial charge is 0.485 e. The fourth-order valence-corrected chi connectivity index (χ4v) is 3.04. The number of nitrogens with one attached hydrogen (secondary N) is 2. The Labute approximate surface area is 161 Å². The molecule has 0 aliphatic carbocycles. The molecule has 2 rings (SSSR count). The van der Waals surface area contributed by atoms with Gasteiger partial charge in [-0.15, -0.1) is 11.6 Å². The summed E-state index contributed by atoms with van der Waals surface area (Å²) < 4.78 is 5.79. The Morgan fingerprint density at radius 1 is 1.41 bits per heavy atom. The molecule has 0 unspecified atom stereocenters. The molecule has 27 heavy (non-hydrogen) atoms. The van der Waals surface area contributed by atoms with Crippen molar-refractivity contribution < 1.29 is 24.4 Å². The molecule has 1 aliphatic rings. The van der Waals surface area contributed by atoms with Crippen molar-refractivity contribution in [3.05, 3.63) is 27.8 Å². The summed E-state index contributed by atoms with van der Waals surface area (Å²) in [7, 11) is 0. The average molecular weight is 400 g/mol. The molecule has 0 saturated carbocycles. The Morgan fingerprint density at radius 3 is 2.63 bits per heavy atom. The van der Waals surface area contributed by atoms with Crippen LogP contribution >= 0.6 is 11.6 Å². The number of hydrogen-bond acceptors (Lipinski definition) is 6. The van der Waals surface area contributed by atoms with Crippen LogP contribution < -0.4 is 15.4 Å². The van der Waals surface area contributed by atoms with Crippen LogP contribution in [-0.4, -0.2) is 39.4 Å². The topological polar surface area (TPSA) is 131 Å². The van der Waals surface area contributed by atoms with E-state index in [0.29, 0.717) is 12.3 Å². The van der Waals surface area contributed by atoms with Crippen LogP contribution in [0.4, 0.5) is 11.4 Å². The van der Waals surface area contributed by atoms with E-state index in [-0.39, 0.29) is 35.0 Å². The Kier molecular flexibility index (Phi) is 6.27. The molecule has 0 fully saturated rings. The molecular weight excluding hydrogens is 378 g/mol.